The van der Waals surface area contributed by atoms with Crippen LogP contribution in [0.2, 0.25) is 0 Å². The van der Waals surface area contributed by atoms with E-state index in [0.717, 1.165) is 154 Å². The fraction of sp³-hybridized carbons (Fsp3) is 0.823. The van der Waals surface area contributed by atoms with Crippen molar-refractivity contribution in [2.45, 2.75) is 380 Å². The number of hydrogen-bond donors (Lipinski definition) is 3. The van der Waals surface area contributed by atoms with E-state index in [1.807, 2.05) is 0 Å². The number of esters is 4. The van der Waals surface area contributed by atoms with Crippen molar-refractivity contribution < 1.29 is 80.2 Å². The summed E-state index contributed by atoms with van der Waals surface area (Å²) in [7, 11) is -9.95. The molecule has 0 aromatic rings. The lowest BCUT2D eigenvalue weighted by molar-refractivity contribution is -0.161. The molecular formula is C79H144O17P2. The molecule has 0 aliphatic heterocycles. The Morgan fingerprint density at radius 1 is 0.286 bits per heavy atom. The molecule has 0 aliphatic rings. The standard InChI is InChI=1S/C79H144O17P2/c1-5-9-13-17-21-25-29-33-36-40-43-47-51-55-59-63-76(81)89-69-74(95-78(83)65-61-57-53-49-45-39-32-28-24-20-16-12-8-4)71-93-97(85,86)91-67-73(80)68-92-98(87,88)94-72-75(96-79(84)66-62-58-54-50-46-42-38-35-31-27-23-19-15-11-7-3)70-90-77(82)64-60-56-52-48-44-41-37-34-30-26-22-18-14-10-6-2/h27-28,31-38,73-75,80H,5-26,29-30,39-72H2,1-4H3,(H,85,86)(H,87,88)/b31-27-,32-28-,36-33-,37-34-,38-35-/t73-,74+,75+/m0/s1. The maximum atomic E-state index is 13.1. The second-order valence-corrected chi connectivity index (χ2v) is 29.6. The number of ether oxygens (including phenoxy) is 4. The van der Waals surface area contributed by atoms with Gasteiger partial charge in [-0.1, -0.05) is 268 Å². The van der Waals surface area contributed by atoms with Gasteiger partial charge in [0, 0.05) is 25.7 Å². The van der Waals surface area contributed by atoms with Crippen LogP contribution in [0.4, 0.5) is 0 Å². The summed E-state index contributed by atoms with van der Waals surface area (Å²) in [6.07, 6.45) is 70.5. The molecule has 0 aromatic carbocycles. The van der Waals surface area contributed by atoms with E-state index in [1.54, 1.807) is 0 Å². The van der Waals surface area contributed by atoms with Crippen LogP contribution >= 0.6 is 15.6 Å². The van der Waals surface area contributed by atoms with E-state index in [9.17, 15) is 43.2 Å². The average Bonchev–Trinajstić information content (AvgIpc) is 0.984. The molecule has 2 unspecified atom stereocenters. The first-order valence-corrected chi connectivity index (χ1v) is 42.5. The van der Waals surface area contributed by atoms with Crippen molar-refractivity contribution in [1.82, 2.24) is 0 Å². The number of carbonyl (C=O) groups excluding carboxylic acids is 4. The zero-order valence-electron chi connectivity index (χ0n) is 62.5. The number of aliphatic hydroxyl groups excluding tert-OH is 1. The predicted octanol–water partition coefficient (Wildman–Crippen LogP) is 22.7. The number of rotatable bonds is 75. The summed E-state index contributed by atoms with van der Waals surface area (Å²) >= 11 is 0. The van der Waals surface area contributed by atoms with E-state index >= 15 is 0 Å². The predicted molar refractivity (Wildman–Crippen MR) is 400 cm³/mol. The number of phosphoric ester groups is 2. The molecule has 0 spiro atoms. The molecule has 0 aliphatic carbocycles. The van der Waals surface area contributed by atoms with Crippen LogP contribution in [0.1, 0.15) is 362 Å². The van der Waals surface area contributed by atoms with Crippen molar-refractivity contribution in [3.8, 4) is 0 Å². The Kier molecular flexibility index (Phi) is 69.7. The summed E-state index contributed by atoms with van der Waals surface area (Å²) in [5.74, 6) is -2.19. The molecule has 0 fully saturated rings. The van der Waals surface area contributed by atoms with Crippen molar-refractivity contribution in [3.63, 3.8) is 0 Å². The minimum atomic E-state index is -4.97. The minimum Gasteiger partial charge on any atom is -0.462 e. The summed E-state index contributed by atoms with van der Waals surface area (Å²) in [6.45, 7) is 4.84. The third kappa shape index (κ3) is 71.2. The SMILES string of the molecule is CCCCCC/C=C\C=C/CCCCCCCC(=O)O[C@H](COC(=O)CCCCCCC/C=C\CCCCCCCC)COP(=O)(O)OC[C@@H](O)COP(=O)(O)OC[C@@H](COC(=O)CCCCCCC/C=C\CCCCCCCC)OC(=O)CCCCCCC/C=C\CCCCCC. The highest BCUT2D eigenvalue weighted by molar-refractivity contribution is 7.47. The van der Waals surface area contributed by atoms with Crippen LogP contribution in [-0.4, -0.2) is 96.7 Å². The van der Waals surface area contributed by atoms with Gasteiger partial charge in [-0.2, -0.15) is 0 Å². The van der Waals surface area contributed by atoms with Crippen LogP contribution in [-0.2, 0) is 65.4 Å². The summed E-state index contributed by atoms with van der Waals surface area (Å²) in [4.78, 5) is 72.9. The van der Waals surface area contributed by atoms with Crippen molar-refractivity contribution in [2.24, 2.45) is 0 Å². The lowest BCUT2D eigenvalue weighted by Gasteiger charge is -2.21. The number of allylic oxidation sites excluding steroid dienone is 10. The summed E-state index contributed by atoms with van der Waals surface area (Å²) in [5.41, 5.74) is 0. The molecule has 0 saturated heterocycles. The van der Waals surface area contributed by atoms with Gasteiger partial charge in [-0.15, -0.1) is 0 Å². The average molecular weight is 1430 g/mol. The van der Waals surface area contributed by atoms with Gasteiger partial charge in [0.25, 0.3) is 0 Å². The lowest BCUT2D eigenvalue weighted by Crippen LogP contribution is -2.30. The quantitative estimate of drug-likeness (QED) is 0.0128. The third-order valence-corrected chi connectivity index (χ3v) is 18.9. The fourth-order valence-corrected chi connectivity index (χ4v) is 12.4. The molecule has 0 saturated carbocycles. The largest absolute Gasteiger partial charge is 0.472 e. The van der Waals surface area contributed by atoms with Gasteiger partial charge < -0.3 is 33.8 Å². The summed E-state index contributed by atoms with van der Waals surface area (Å²) in [5, 5.41) is 10.6. The Bertz CT molecular complexity index is 2100. The van der Waals surface area contributed by atoms with Crippen molar-refractivity contribution in [3.05, 3.63) is 60.8 Å². The van der Waals surface area contributed by atoms with Gasteiger partial charge in [-0.05, 0) is 128 Å². The molecule has 19 heteroatoms. The van der Waals surface area contributed by atoms with Gasteiger partial charge in [0.1, 0.15) is 19.3 Å². The van der Waals surface area contributed by atoms with E-state index in [2.05, 4.69) is 88.5 Å². The maximum Gasteiger partial charge on any atom is 0.472 e. The first-order chi connectivity index (χ1) is 47.7. The molecule has 17 nitrogen and oxygen atoms in total. The van der Waals surface area contributed by atoms with E-state index in [-0.39, 0.29) is 25.7 Å². The molecule has 5 atom stereocenters. The summed E-state index contributed by atoms with van der Waals surface area (Å²) < 4.78 is 68.5. The molecule has 0 heterocycles. The van der Waals surface area contributed by atoms with Gasteiger partial charge in [0.2, 0.25) is 0 Å². The molecule has 0 rings (SSSR count). The Hall–Kier alpha value is -3.24. The van der Waals surface area contributed by atoms with E-state index in [0.29, 0.717) is 25.7 Å². The second kappa shape index (κ2) is 72.1. The van der Waals surface area contributed by atoms with Gasteiger partial charge in [-0.3, -0.25) is 37.3 Å². The topological polar surface area (TPSA) is 237 Å². The van der Waals surface area contributed by atoms with E-state index in [1.165, 1.54) is 128 Å². The molecule has 98 heavy (non-hydrogen) atoms. The molecule has 3 N–H and O–H groups in total. The number of phosphoric acid groups is 2. The normalized spacial score (nSPS) is 14.2. The minimum absolute atomic E-state index is 0.0792. The molecule has 0 radical (unpaired) electrons. The number of unbranched alkanes of at least 4 members (excludes halogenated alkanes) is 40. The fourth-order valence-electron chi connectivity index (χ4n) is 10.8. The van der Waals surface area contributed by atoms with Gasteiger partial charge in [0.15, 0.2) is 12.2 Å². The highest BCUT2D eigenvalue weighted by atomic mass is 31.2. The Labute approximate surface area is 597 Å². The van der Waals surface area contributed by atoms with Crippen LogP contribution in [0.25, 0.3) is 0 Å². The van der Waals surface area contributed by atoms with Gasteiger partial charge in [-0.25, -0.2) is 9.13 Å². The van der Waals surface area contributed by atoms with Crippen LogP contribution in [0.5, 0.6) is 0 Å². The Morgan fingerprint density at radius 3 is 0.776 bits per heavy atom. The Balaban J connectivity index is 5.35. The van der Waals surface area contributed by atoms with Gasteiger partial charge >= 0.3 is 39.5 Å². The number of aliphatic hydroxyl groups is 1. The van der Waals surface area contributed by atoms with Crippen molar-refractivity contribution >= 4 is 39.5 Å². The van der Waals surface area contributed by atoms with Crippen LogP contribution in [0.3, 0.4) is 0 Å². The molecular weight excluding hydrogens is 1280 g/mol. The second-order valence-electron chi connectivity index (χ2n) is 26.7. The monoisotopic (exact) mass is 1430 g/mol. The highest BCUT2D eigenvalue weighted by Gasteiger charge is 2.30. The molecule has 0 amide bonds. The van der Waals surface area contributed by atoms with E-state index < -0.39 is 97.5 Å². The maximum absolute atomic E-state index is 13.1. The third-order valence-electron chi connectivity index (χ3n) is 17.0. The first-order valence-electron chi connectivity index (χ1n) is 39.5. The summed E-state index contributed by atoms with van der Waals surface area (Å²) in [6, 6.07) is 0. The number of hydrogen-bond acceptors (Lipinski definition) is 15. The van der Waals surface area contributed by atoms with Crippen LogP contribution < -0.4 is 0 Å². The van der Waals surface area contributed by atoms with Crippen LogP contribution in [0.15, 0.2) is 60.8 Å². The van der Waals surface area contributed by atoms with Crippen LogP contribution in [0, 0.1) is 0 Å². The van der Waals surface area contributed by atoms with E-state index in [4.69, 9.17) is 37.0 Å². The van der Waals surface area contributed by atoms with Gasteiger partial charge in [0.05, 0.1) is 26.4 Å². The molecule has 572 valence electrons. The lowest BCUT2D eigenvalue weighted by atomic mass is 10.1. The van der Waals surface area contributed by atoms with Crippen molar-refractivity contribution in [2.75, 3.05) is 39.6 Å². The molecule has 0 aromatic heterocycles. The zero-order valence-corrected chi connectivity index (χ0v) is 64.3. The molecule has 0 bridgehead atoms. The number of carbonyl (C=O) groups is 4. The van der Waals surface area contributed by atoms with Crippen molar-refractivity contribution in [1.29, 1.82) is 0 Å². The first kappa shape index (κ1) is 94.8. The smallest absolute Gasteiger partial charge is 0.462 e. The Morgan fingerprint density at radius 2 is 0.500 bits per heavy atom. The zero-order chi connectivity index (χ0) is 71.8. The highest BCUT2D eigenvalue weighted by Crippen LogP contribution is 2.45.